The molecule has 44 heavy (non-hydrogen) atoms. The molecule has 0 aliphatic carbocycles. The smallest absolute Gasteiger partial charge is 0.434 e. The normalized spacial score (nSPS) is 17.9. The Hall–Kier alpha value is -3.26. The van der Waals surface area contributed by atoms with E-state index in [2.05, 4.69) is 13.8 Å². The van der Waals surface area contributed by atoms with Crippen molar-refractivity contribution in [2.45, 2.75) is 79.1 Å². The van der Waals surface area contributed by atoms with Gasteiger partial charge in [0.1, 0.15) is 0 Å². The van der Waals surface area contributed by atoms with E-state index >= 15 is 0 Å². The lowest BCUT2D eigenvalue weighted by Crippen LogP contribution is -2.58. The summed E-state index contributed by atoms with van der Waals surface area (Å²) in [6.45, 7) is 7.80. The molecule has 2 fully saturated rings. The highest BCUT2D eigenvalue weighted by atomic mass is 16.7. The van der Waals surface area contributed by atoms with Gasteiger partial charge in [-0.15, -0.1) is 0 Å². The Bertz CT molecular complexity index is 865. The molecule has 0 radical (unpaired) electrons. The van der Waals surface area contributed by atoms with Crippen LogP contribution in [0.2, 0.25) is 0 Å². The van der Waals surface area contributed by atoms with Crippen LogP contribution < -0.4 is 0 Å². The Morgan fingerprint density at radius 3 is 1.23 bits per heavy atom. The van der Waals surface area contributed by atoms with Crippen molar-refractivity contribution in [3.63, 3.8) is 0 Å². The van der Waals surface area contributed by atoms with E-state index in [1.54, 1.807) is 9.80 Å². The van der Waals surface area contributed by atoms with Gasteiger partial charge >= 0.3 is 12.3 Å². The zero-order valence-electron chi connectivity index (χ0n) is 26.8. The minimum atomic E-state index is -0.925. The Morgan fingerprint density at radius 1 is 0.591 bits per heavy atom. The average Bonchev–Trinajstić information content (AvgIpc) is 2.99. The zero-order chi connectivity index (χ0) is 32.5. The molecule has 0 aromatic carbocycles. The number of hydrogen-bond donors (Lipinski definition) is 0. The number of amides is 4. The molecule has 2 atom stereocenters. The van der Waals surface area contributed by atoms with Crippen LogP contribution in [0.15, 0.2) is 0 Å². The molecule has 2 unspecified atom stereocenters. The van der Waals surface area contributed by atoms with Gasteiger partial charge in [-0.25, -0.2) is 19.4 Å². The van der Waals surface area contributed by atoms with E-state index in [1.807, 2.05) is 13.8 Å². The molecule has 2 saturated heterocycles. The van der Waals surface area contributed by atoms with Crippen molar-refractivity contribution in [1.29, 1.82) is 0 Å². The molecule has 4 amide bonds. The van der Waals surface area contributed by atoms with E-state index in [-0.39, 0.29) is 64.3 Å². The van der Waals surface area contributed by atoms with Gasteiger partial charge in [0.05, 0.1) is 39.4 Å². The first kappa shape index (κ1) is 36.9. The van der Waals surface area contributed by atoms with E-state index in [0.29, 0.717) is 0 Å². The Morgan fingerprint density at radius 2 is 0.932 bits per heavy atom. The van der Waals surface area contributed by atoms with Gasteiger partial charge in [0, 0.05) is 13.1 Å². The number of carbonyl (C=O) groups excluding carboxylic acids is 6. The van der Waals surface area contributed by atoms with Crippen molar-refractivity contribution in [2.24, 2.45) is 11.8 Å². The van der Waals surface area contributed by atoms with Crippen LogP contribution in [-0.2, 0) is 38.1 Å². The minimum absolute atomic E-state index is 0.0891. The molecule has 2 aliphatic heterocycles. The highest BCUT2D eigenvalue weighted by molar-refractivity contribution is 6.00. The van der Waals surface area contributed by atoms with E-state index in [4.69, 9.17) is 18.9 Å². The largest absolute Gasteiger partial charge is 0.510 e. The van der Waals surface area contributed by atoms with Crippen molar-refractivity contribution in [1.82, 2.24) is 19.6 Å². The fraction of sp³-hybridized carbons (Fsp3) is 0.800. The SMILES string of the molecule is CCCCC(CC)COC(=O)OCN1C(=O)CN(CCN2CC(=O)N(COC(=O)OCC(CC)CCCC)C(=O)C2)CC1=O. The highest BCUT2D eigenvalue weighted by Crippen LogP contribution is 2.15. The number of carbonyl (C=O) groups is 6. The minimum Gasteiger partial charge on any atom is -0.434 e. The quantitative estimate of drug-likeness (QED) is 0.153. The second-order valence-corrected chi connectivity index (χ2v) is 11.4. The van der Waals surface area contributed by atoms with Crippen molar-refractivity contribution in [3.05, 3.63) is 0 Å². The number of unbranched alkanes of at least 4 members (excludes halogenated alkanes) is 2. The summed E-state index contributed by atoms with van der Waals surface area (Å²) in [6.07, 6.45) is 5.97. The van der Waals surface area contributed by atoms with Crippen molar-refractivity contribution >= 4 is 35.9 Å². The molecule has 0 bridgehead atoms. The van der Waals surface area contributed by atoms with Crippen LogP contribution in [0.1, 0.15) is 79.1 Å². The molecule has 250 valence electrons. The third kappa shape index (κ3) is 12.8. The predicted molar refractivity (Wildman–Crippen MR) is 158 cm³/mol. The Balaban J connectivity index is 1.70. The Kier molecular flexibility index (Phi) is 16.7. The van der Waals surface area contributed by atoms with Crippen molar-refractivity contribution < 1.29 is 47.7 Å². The van der Waals surface area contributed by atoms with Gasteiger partial charge in [0.15, 0.2) is 13.5 Å². The van der Waals surface area contributed by atoms with Crippen LogP contribution in [-0.4, -0.2) is 121 Å². The highest BCUT2D eigenvalue weighted by Gasteiger charge is 2.35. The molecule has 14 heteroatoms. The average molecular weight is 627 g/mol. The topological polar surface area (TPSA) is 152 Å². The van der Waals surface area contributed by atoms with Crippen LogP contribution >= 0.6 is 0 Å². The van der Waals surface area contributed by atoms with Crippen LogP contribution in [0, 0.1) is 11.8 Å². The number of ether oxygens (including phenoxy) is 4. The lowest BCUT2D eigenvalue weighted by Gasteiger charge is -2.35. The summed E-state index contributed by atoms with van der Waals surface area (Å²) in [5, 5.41) is 0. The standard InChI is InChI=1S/C30H50N4O10/c1-5-9-11-23(7-3)19-41-29(39)43-21-33-25(35)15-31(16-26(33)36)13-14-32-17-27(37)34(28(38)18-32)22-44-30(40)42-20-24(8-4)12-10-6-2/h23-24H,5-22H2,1-4H3. The Labute approximate surface area is 260 Å². The number of rotatable bonds is 19. The third-order valence-corrected chi connectivity index (χ3v) is 7.96. The lowest BCUT2D eigenvalue weighted by atomic mass is 10.0. The maximum Gasteiger partial charge on any atom is 0.510 e. The first-order valence-electron chi connectivity index (χ1n) is 15.8. The van der Waals surface area contributed by atoms with Gasteiger partial charge in [-0.05, 0) is 24.7 Å². The summed E-state index contributed by atoms with van der Waals surface area (Å²) >= 11 is 0. The predicted octanol–water partition coefficient (Wildman–Crippen LogP) is 2.98. The van der Waals surface area contributed by atoms with E-state index in [0.717, 1.165) is 61.2 Å². The van der Waals surface area contributed by atoms with Crippen LogP contribution in [0.3, 0.4) is 0 Å². The molecule has 14 nitrogen and oxygen atoms in total. The molecular formula is C30H50N4O10. The van der Waals surface area contributed by atoms with Crippen LogP contribution in [0.4, 0.5) is 9.59 Å². The molecule has 2 heterocycles. The zero-order valence-corrected chi connectivity index (χ0v) is 26.8. The van der Waals surface area contributed by atoms with E-state index in [1.165, 1.54) is 0 Å². The first-order valence-corrected chi connectivity index (χ1v) is 15.8. The van der Waals surface area contributed by atoms with Gasteiger partial charge in [-0.2, -0.15) is 0 Å². The fourth-order valence-corrected chi connectivity index (χ4v) is 4.87. The molecule has 0 spiro atoms. The van der Waals surface area contributed by atoms with Crippen molar-refractivity contribution in [2.75, 3.05) is 65.9 Å². The number of nitrogens with zero attached hydrogens (tertiary/aromatic N) is 4. The molecule has 0 aromatic heterocycles. The maximum absolute atomic E-state index is 12.6. The number of imide groups is 2. The molecule has 2 aliphatic rings. The monoisotopic (exact) mass is 626 g/mol. The summed E-state index contributed by atoms with van der Waals surface area (Å²) in [4.78, 5) is 79.2. The second-order valence-electron chi connectivity index (χ2n) is 11.4. The summed E-state index contributed by atoms with van der Waals surface area (Å²) in [7, 11) is 0. The molecule has 2 rings (SSSR count). The van der Waals surface area contributed by atoms with Gasteiger partial charge in [0.2, 0.25) is 23.6 Å². The van der Waals surface area contributed by atoms with Crippen LogP contribution in [0.25, 0.3) is 0 Å². The number of piperazine rings is 2. The maximum atomic E-state index is 12.6. The second kappa shape index (κ2) is 19.9. The first-order chi connectivity index (χ1) is 21.1. The van der Waals surface area contributed by atoms with Crippen LogP contribution in [0.5, 0.6) is 0 Å². The summed E-state index contributed by atoms with van der Waals surface area (Å²) < 4.78 is 20.3. The summed E-state index contributed by atoms with van der Waals surface area (Å²) in [6, 6.07) is 0. The molecule has 0 aromatic rings. The molecule has 0 N–H and O–H groups in total. The summed E-state index contributed by atoms with van der Waals surface area (Å²) in [5.74, 6) is -1.64. The van der Waals surface area contributed by atoms with Crippen molar-refractivity contribution in [3.8, 4) is 0 Å². The van der Waals surface area contributed by atoms with E-state index in [9.17, 15) is 28.8 Å². The number of hydrogen-bond acceptors (Lipinski definition) is 12. The third-order valence-electron chi connectivity index (χ3n) is 7.96. The van der Waals surface area contributed by atoms with Gasteiger partial charge in [0.25, 0.3) is 0 Å². The van der Waals surface area contributed by atoms with E-state index < -0.39 is 49.4 Å². The molecule has 0 saturated carbocycles. The fourth-order valence-electron chi connectivity index (χ4n) is 4.87. The van der Waals surface area contributed by atoms with Gasteiger partial charge in [-0.3, -0.25) is 29.0 Å². The summed E-state index contributed by atoms with van der Waals surface area (Å²) in [5.41, 5.74) is 0. The van der Waals surface area contributed by atoms with Gasteiger partial charge in [-0.1, -0.05) is 66.2 Å². The lowest BCUT2D eigenvalue weighted by molar-refractivity contribution is -0.159. The molecular weight excluding hydrogens is 576 g/mol. The van der Waals surface area contributed by atoms with Gasteiger partial charge < -0.3 is 18.9 Å².